The molecule has 2 nitrogen and oxygen atoms in total. The highest BCUT2D eigenvalue weighted by atomic mass is 19.1. The fourth-order valence-corrected chi connectivity index (χ4v) is 1.85. The maximum Gasteiger partial charge on any atom is 0.129 e. The highest BCUT2D eigenvalue weighted by Crippen LogP contribution is 2.34. The molecule has 0 fully saturated rings. The Kier molecular flexibility index (Phi) is 2.79. The van der Waals surface area contributed by atoms with Crippen LogP contribution in [0, 0.1) is 5.82 Å². The van der Waals surface area contributed by atoms with Crippen LogP contribution in [0.4, 0.5) is 4.39 Å². The molecule has 0 bridgehead atoms. The summed E-state index contributed by atoms with van der Waals surface area (Å²) in [5.74, 6) is -0.409. The van der Waals surface area contributed by atoms with Crippen LogP contribution in [0.5, 0.6) is 0 Å². The third-order valence-corrected chi connectivity index (χ3v) is 2.83. The summed E-state index contributed by atoms with van der Waals surface area (Å²) in [7, 11) is 0. The maximum absolute atomic E-state index is 13.7. The summed E-state index contributed by atoms with van der Waals surface area (Å²) < 4.78 is 18.6. The first-order valence-corrected chi connectivity index (χ1v) is 5.18. The van der Waals surface area contributed by atoms with Gasteiger partial charge < -0.3 is 9.52 Å². The Morgan fingerprint density at radius 2 is 2.06 bits per heavy atom. The van der Waals surface area contributed by atoms with Gasteiger partial charge in [0.15, 0.2) is 0 Å². The van der Waals surface area contributed by atoms with Crippen molar-refractivity contribution in [3.8, 4) is 0 Å². The topological polar surface area (TPSA) is 33.4 Å². The van der Waals surface area contributed by atoms with Gasteiger partial charge in [-0.15, -0.1) is 0 Å². The molecule has 1 aromatic heterocycles. The predicted molar refractivity (Wildman–Crippen MR) is 58.4 cm³/mol. The molecule has 3 heteroatoms. The van der Waals surface area contributed by atoms with E-state index in [1.807, 2.05) is 0 Å². The van der Waals surface area contributed by atoms with Crippen molar-refractivity contribution in [2.45, 2.75) is 18.9 Å². The van der Waals surface area contributed by atoms with Crippen LogP contribution in [-0.2, 0) is 5.60 Å². The minimum absolute atomic E-state index is 0.277. The molecule has 1 unspecified atom stereocenters. The van der Waals surface area contributed by atoms with Crippen molar-refractivity contribution in [2.24, 2.45) is 0 Å². The summed E-state index contributed by atoms with van der Waals surface area (Å²) in [4.78, 5) is 0. The lowest BCUT2D eigenvalue weighted by Crippen LogP contribution is -2.26. The highest BCUT2D eigenvalue weighted by Gasteiger charge is 2.32. The van der Waals surface area contributed by atoms with Gasteiger partial charge in [0.05, 0.1) is 12.5 Å². The van der Waals surface area contributed by atoms with Crippen molar-refractivity contribution in [1.82, 2.24) is 0 Å². The van der Waals surface area contributed by atoms with Gasteiger partial charge in [-0.05, 0) is 18.6 Å². The molecule has 0 amide bonds. The first-order chi connectivity index (χ1) is 7.68. The molecule has 2 aromatic rings. The van der Waals surface area contributed by atoms with Crippen molar-refractivity contribution in [2.75, 3.05) is 0 Å². The van der Waals surface area contributed by atoms with E-state index in [1.165, 1.54) is 18.6 Å². The Balaban J connectivity index is 2.55. The number of aliphatic hydroxyl groups is 1. The largest absolute Gasteiger partial charge is 0.472 e. The lowest BCUT2D eigenvalue weighted by molar-refractivity contribution is 0.0719. The van der Waals surface area contributed by atoms with E-state index < -0.39 is 11.4 Å². The van der Waals surface area contributed by atoms with Crippen LogP contribution in [-0.4, -0.2) is 5.11 Å². The molecule has 0 spiro atoms. The van der Waals surface area contributed by atoms with E-state index in [1.54, 1.807) is 31.2 Å². The van der Waals surface area contributed by atoms with E-state index in [4.69, 9.17) is 4.42 Å². The number of halogens is 1. The van der Waals surface area contributed by atoms with Crippen molar-refractivity contribution in [1.29, 1.82) is 0 Å². The van der Waals surface area contributed by atoms with Crippen molar-refractivity contribution >= 4 is 0 Å². The molecule has 0 saturated carbocycles. The quantitative estimate of drug-likeness (QED) is 0.862. The summed E-state index contributed by atoms with van der Waals surface area (Å²) >= 11 is 0. The average Bonchev–Trinajstić information content (AvgIpc) is 2.82. The van der Waals surface area contributed by atoms with Crippen LogP contribution >= 0.6 is 0 Å². The summed E-state index contributed by atoms with van der Waals surface area (Å²) in [6.45, 7) is 1.80. The molecule has 2 rings (SSSR count). The van der Waals surface area contributed by atoms with E-state index in [2.05, 4.69) is 0 Å². The molecule has 0 aliphatic rings. The van der Waals surface area contributed by atoms with Crippen LogP contribution in [0.2, 0.25) is 0 Å². The van der Waals surface area contributed by atoms with Crippen LogP contribution in [0.1, 0.15) is 24.5 Å². The van der Waals surface area contributed by atoms with Crippen molar-refractivity contribution in [3.05, 3.63) is 59.8 Å². The van der Waals surface area contributed by atoms with Crippen LogP contribution < -0.4 is 0 Å². The standard InChI is InChI=1S/C13H13FO2/c1-2-13(15,10-7-8-16-9-10)11-5-3-4-6-12(11)14/h3-9,15H,2H2,1H3. The van der Waals surface area contributed by atoms with Gasteiger partial charge in [0.1, 0.15) is 11.4 Å². The van der Waals surface area contributed by atoms with Gasteiger partial charge >= 0.3 is 0 Å². The highest BCUT2D eigenvalue weighted by molar-refractivity contribution is 5.34. The second-order valence-electron chi connectivity index (χ2n) is 3.71. The van der Waals surface area contributed by atoms with E-state index in [0.717, 1.165) is 0 Å². The first-order valence-electron chi connectivity index (χ1n) is 5.18. The lowest BCUT2D eigenvalue weighted by Gasteiger charge is -2.26. The second kappa shape index (κ2) is 4.10. The maximum atomic E-state index is 13.7. The predicted octanol–water partition coefficient (Wildman–Crippen LogP) is 3.06. The molecule has 0 saturated heterocycles. The number of furan rings is 1. The van der Waals surface area contributed by atoms with E-state index in [0.29, 0.717) is 12.0 Å². The van der Waals surface area contributed by atoms with Gasteiger partial charge in [0.25, 0.3) is 0 Å². The molecule has 1 N–H and O–H groups in total. The minimum atomic E-state index is -1.32. The van der Waals surface area contributed by atoms with Gasteiger partial charge in [-0.25, -0.2) is 4.39 Å². The van der Waals surface area contributed by atoms with Gasteiger partial charge in [-0.2, -0.15) is 0 Å². The summed E-state index contributed by atoms with van der Waals surface area (Å²) in [6.07, 6.45) is 3.29. The zero-order valence-corrected chi connectivity index (χ0v) is 8.98. The Morgan fingerprint density at radius 3 is 2.62 bits per heavy atom. The molecule has 0 aliphatic heterocycles. The summed E-state index contributed by atoms with van der Waals surface area (Å²) in [5, 5.41) is 10.5. The molecule has 1 aromatic carbocycles. The SMILES string of the molecule is CCC(O)(c1ccoc1)c1ccccc1F. The smallest absolute Gasteiger partial charge is 0.129 e. The fraction of sp³-hybridized carbons (Fsp3) is 0.231. The molecule has 16 heavy (non-hydrogen) atoms. The normalized spacial score (nSPS) is 14.7. The average molecular weight is 220 g/mol. The van der Waals surface area contributed by atoms with Crippen LogP contribution in [0.25, 0.3) is 0 Å². The van der Waals surface area contributed by atoms with E-state index in [-0.39, 0.29) is 5.56 Å². The zero-order valence-electron chi connectivity index (χ0n) is 8.98. The van der Waals surface area contributed by atoms with Gasteiger partial charge in [0, 0.05) is 11.1 Å². The fourth-order valence-electron chi connectivity index (χ4n) is 1.85. The minimum Gasteiger partial charge on any atom is -0.472 e. The summed E-state index contributed by atoms with van der Waals surface area (Å²) in [6, 6.07) is 7.89. The second-order valence-corrected chi connectivity index (χ2v) is 3.71. The van der Waals surface area contributed by atoms with E-state index in [9.17, 15) is 9.50 Å². The number of hydrogen-bond acceptors (Lipinski definition) is 2. The Hall–Kier alpha value is -1.61. The van der Waals surface area contributed by atoms with Crippen molar-refractivity contribution < 1.29 is 13.9 Å². The third-order valence-electron chi connectivity index (χ3n) is 2.83. The molecule has 1 atom stereocenters. The van der Waals surface area contributed by atoms with Gasteiger partial charge in [-0.1, -0.05) is 25.1 Å². The monoisotopic (exact) mass is 220 g/mol. The molecule has 84 valence electrons. The first kappa shape index (κ1) is 10.9. The molecule has 1 heterocycles. The lowest BCUT2D eigenvalue weighted by atomic mass is 9.85. The zero-order chi connectivity index (χ0) is 11.6. The summed E-state index contributed by atoms with van der Waals surface area (Å²) in [5.41, 5.74) is -0.475. The Morgan fingerprint density at radius 1 is 1.31 bits per heavy atom. The number of benzene rings is 1. The van der Waals surface area contributed by atoms with Crippen LogP contribution in [0.3, 0.4) is 0 Å². The van der Waals surface area contributed by atoms with Gasteiger partial charge in [0.2, 0.25) is 0 Å². The van der Waals surface area contributed by atoms with Gasteiger partial charge in [-0.3, -0.25) is 0 Å². The number of rotatable bonds is 3. The molecule has 0 radical (unpaired) electrons. The molecule has 0 aliphatic carbocycles. The third kappa shape index (κ3) is 1.63. The van der Waals surface area contributed by atoms with E-state index >= 15 is 0 Å². The molecular formula is C13H13FO2. The Labute approximate surface area is 93.3 Å². The number of hydrogen-bond donors (Lipinski definition) is 1. The molecular weight excluding hydrogens is 207 g/mol. The Bertz CT molecular complexity index is 465. The van der Waals surface area contributed by atoms with Crippen LogP contribution in [0.15, 0.2) is 47.3 Å². The van der Waals surface area contributed by atoms with Crippen molar-refractivity contribution in [3.63, 3.8) is 0 Å².